The molecule has 0 radical (unpaired) electrons. The third-order valence-corrected chi connectivity index (χ3v) is 11.1. The van der Waals surface area contributed by atoms with Crippen LogP contribution >= 0.6 is 11.3 Å². The summed E-state index contributed by atoms with van der Waals surface area (Å²) in [6.45, 7) is 6.21. The number of carbonyl (C=O) groups is 6. The van der Waals surface area contributed by atoms with E-state index in [0.717, 1.165) is 37.2 Å². The molecule has 3 aliphatic rings. The fourth-order valence-corrected chi connectivity index (χ4v) is 8.19. The Hall–Kier alpha value is -6.54. The van der Waals surface area contributed by atoms with Crippen molar-refractivity contribution in [3.8, 4) is 16.8 Å². The van der Waals surface area contributed by atoms with Crippen LogP contribution < -0.4 is 20.7 Å². The predicted molar refractivity (Wildman–Crippen MR) is 201 cm³/mol. The van der Waals surface area contributed by atoms with Crippen LogP contribution in [-0.2, 0) is 19.2 Å². The second-order valence-electron chi connectivity index (χ2n) is 13.6. The van der Waals surface area contributed by atoms with Crippen molar-refractivity contribution in [3.63, 3.8) is 0 Å². The third-order valence-electron chi connectivity index (χ3n) is 9.94. The molecule has 0 aliphatic carbocycles. The molecule has 17 heteroatoms. The standard InChI is InChI=1S/C39H37N9O7S/c1-20-21(2)56-39-32(20)34(24-11-9-23(18-40)10-12-24)43-26(35-46-45-22(3)47(35)39)17-30(50)41-15-4-5-16-42-31(51)19-55-28-8-6-7-25-33(28)38(54)48(37(25)53)27-13-14-29(49)44-36(27)52/h6-12,26-27H,4-5,13-17,19H2,1-3H3,(H,41,50)(H,42,51)(H,44,49,52). The molecule has 3 N–H and O–H groups in total. The molecule has 6 amide bonds. The number of benzene rings is 2. The highest BCUT2D eigenvalue weighted by Crippen LogP contribution is 2.39. The number of nitriles is 1. The Bertz CT molecular complexity index is 2370. The van der Waals surface area contributed by atoms with Crippen molar-refractivity contribution in [1.82, 2.24) is 35.6 Å². The Morgan fingerprint density at radius 2 is 1.70 bits per heavy atom. The molecule has 2 unspecified atom stereocenters. The quantitative estimate of drug-likeness (QED) is 0.141. The maximum absolute atomic E-state index is 13.3. The summed E-state index contributed by atoms with van der Waals surface area (Å²) in [7, 11) is 0. The second-order valence-corrected chi connectivity index (χ2v) is 14.8. The van der Waals surface area contributed by atoms with E-state index in [9.17, 15) is 34.0 Å². The molecule has 7 rings (SSSR count). The first-order valence-corrected chi connectivity index (χ1v) is 18.9. The SMILES string of the molecule is Cc1sc2c(c1C)C(c1ccc(C#N)cc1)=NC(CC(=O)NCCCCNC(=O)COc1cccc3c1C(=O)N(C1CCC(=O)NC1=O)C3=O)c1nnc(C)n1-2. The van der Waals surface area contributed by atoms with Crippen LogP contribution in [0.1, 0.15) is 97.6 Å². The lowest BCUT2D eigenvalue weighted by Crippen LogP contribution is -2.54. The van der Waals surface area contributed by atoms with E-state index in [2.05, 4.69) is 39.1 Å². The smallest absolute Gasteiger partial charge is 0.266 e. The normalized spacial score (nSPS) is 17.2. The summed E-state index contributed by atoms with van der Waals surface area (Å²) in [5, 5.41) is 26.9. The Labute approximate surface area is 324 Å². The number of hydrogen-bond acceptors (Lipinski definition) is 12. The van der Waals surface area contributed by atoms with E-state index in [1.165, 1.54) is 18.2 Å². The Balaban J connectivity index is 0.912. The van der Waals surface area contributed by atoms with E-state index in [1.807, 2.05) is 30.5 Å². The van der Waals surface area contributed by atoms with Crippen molar-refractivity contribution < 1.29 is 33.5 Å². The molecule has 2 atom stereocenters. The van der Waals surface area contributed by atoms with Gasteiger partial charge in [-0.15, -0.1) is 21.5 Å². The van der Waals surface area contributed by atoms with Crippen molar-refractivity contribution in [1.29, 1.82) is 5.26 Å². The Kier molecular flexibility index (Phi) is 10.6. The maximum atomic E-state index is 13.3. The summed E-state index contributed by atoms with van der Waals surface area (Å²) in [6.07, 6.45) is 1.17. The highest BCUT2D eigenvalue weighted by Gasteiger charge is 2.46. The zero-order chi connectivity index (χ0) is 39.7. The highest BCUT2D eigenvalue weighted by atomic mass is 32.1. The molecular weight excluding hydrogens is 739 g/mol. The summed E-state index contributed by atoms with van der Waals surface area (Å²) >= 11 is 1.62. The first-order valence-electron chi connectivity index (χ1n) is 18.1. The molecule has 4 aromatic rings. The van der Waals surface area contributed by atoms with Gasteiger partial charge in [-0.2, -0.15) is 5.26 Å². The molecule has 0 saturated carbocycles. The summed E-state index contributed by atoms with van der Waals surface area (Å²) < 4.78 is 7.62. The van der Waals surface area contributed by atoms with Crippen LogP contribution in [0.4, 0.5) is 0 Å². The van der Waals surface area contributed by atoms with Gasteiger partial charge in [0.1, 0.15) is 28.7 Å². The third kappa shape index (κ3) is 7.18. The molecular formula is C39H37N9O7S. The monoisotopic (exact) mass is 775 g/mol. The van der Waals surface area contributed by atoms with Crippen LogP contribution in [0, 0.1) is 32.1 Å². The average Bonchev–Trinajstić information content (AvgIpc) is 3.76. The van der Waals surface area contributed by atoms with Crippen molar-refractivity contribution in [2.75, 3.05) is 19.7 Å². The van der Waals surface area contributed by atoms with Gasteiger partial charge in [0, 0.05) is 35.5 Å². The molecule has 3 aliphatic heterocycles. The van der Waals surface area contributed by atoms with Gasteiger partial charge in [0.2, 0.25) is 17.7 Å². The Morgan fingerprint density at radius 3 is 2.41 bits per heavy atom. The summed E-state index contributed by atoms with van der Waals surface area (Å²) in [5.41, 5.74) is 4.12. The van der Waals surface area contributed by atoms with Crippen LogP contribution in [-0.4, -0.2) is 86.6 Å². The number of piperidine rings is 1. The lowest BCUT2D eigenvalue weighted by molar-refractivity contribution is -0.136. The summed E-state index contributed by atoms with van der Waals surface area (Å²) in [4.78, 5) is 83.3. The van der Waals surface area contributed by atoms with E-state index in [0.29, 0.717) is 43.1 Å². The number of aromatic nitrogens is 3. The molecule has 1 fully saturated rings. The number of hydrogen-bond donors (Lipinski definition) is 3. The number of rotatable bonds is 12. The van der Waals surface area contributed by atoms with E-state index < -0.39 is 48.2 Å². The van der Waals surface area contributed by atoms with E-state index in [-0.39, 0.29) is 42.0 Å². The number of unbranched alkanes of at least 4 members (excludes halogenated alkanes) is 1. The molecule has 5 heterocycles. The molecule has 1 saturated heterocycles. The number of aryl methyl sites for hydroxylation is 2. The first-order chi connectivity index (χ1) is 27.0. The van der Waals surface area contributed by atoms with Crippen LogP contribution in [0.25, 0.3) is 5.00 Å². The van der Waals surface area contributed by atoms with E-state index in [4.69, 9.17) is 9.73 Å². The van der Waals surface area contributed by atoms with Crippen LogP contribution in [0.5, 0.6) is 5.75 Å². The van der Waals surface area contributed by atoms with Crippen molar-refractivity contribution in [2.45, 2.75) is 65.0 Å². The summed E-state index contributed by atoms with van der Waals surface area (Å²) in [6, 6.07) is 12.1. The lowest BCUT2D eigenvalue weighted by atomic mass is 9.99. The van der Waals surface area contributed by atoms with Gasteiger partial charge >= 0.3 is 0 Å². The van der Waals surface area contributed by atoms with Gasteiger partial charge in [-0.25, -0.2) is 0 Å². The van der Waals surface area contributed by atoms with Crippen molar-refractivity contribution >= 4 is 52.5 Å². The Morgan fingerprint density at radius 1 is 0.964 bits per heavy atom. The molecule has 0 spiro atoms. The number of thiophene rings is 1. The molecule has 0 bridgehead atoms. The number of carbonyl (C=O) groups excluding carboxylic acids is 6. The zero-order valence-corrected chi connectivity index (χ0v) is 31.6. The highest BCUT2D eigenvalue weighted by molar-refractivity contribution is 7.15. The van der Waals surface area contributed by atoms with Crippen LogP contribution in [0.3, 0.4) is 0 Å². The van der Waals surface area contributed by atoms with Gasteiger partial charge in [-0.05, 0) is 69.9 Å². The first kappa shape index (κ1) is 37.8. The maximum Gasteiger partial charge on any atom is 0.266 e. The van der Waals surface area contributed by atoms with Crippen molar-refractivity contribution in [2.24, 2.45) is 4.99 Å². The number of nitrogens with one attached hydrogen (secondary N) is 3. The van der Waals surface area contributed by atoms with Crippen molar-refractivity contribution in [3.05, 3.63) is 92.4 Å². The minimum Gasteiger partial charge on any atom is -0.483 e. The number of fused-ring (bicyclic) bond motifs is 4. The largest absolute Gasteiger partial charge is 0.483 e. The molecule has 2 aromatic heterocycles. The fraction of sp³-hybridized carbons (Fsp3) is 0.333. The molecule has 286 valence electrons. The van der Waals surface area contributed by atoms with Gasteiger partial charge in [-0.3, -0.25) is 48.5 Å². The van der Waals surface area contributed by atoms with Gasteiger partial charge in [0.15, 0.2) is 12.4 Å². The van der Waals surface area contributed by atoms with Crippen LogP contribution in [0.15, 0.2) is 47.5 Å². The molecule has 56 heavy (non-hydrogen) atoms. The second kappa shape index (κ2) is 15.7. The predicted octanol–water partition coefficient (Wildman–Crippen LogP) is 2.90. The van der Waals surface area contributed by atoms with Gasteiger partial charge in [0.05, 0.1) is 34.9 Å². The minimum atomic E-state index is -1.12. The topological polar surface area (TPSA) is 218 Å². The van der Waals surface area contributed by atoms with Crippen LogP contribution in [0.2, 0.25) is 0 Å². The van der Waals surface area contributed by atoms with Gasteiger partial charge < -0.3 is 15.4 Å². The van der Waals surface area contributed by atoms with Gasteiger partial charge in [0.25, 0.3) is 17.7 Å². The summed E-state index contributed by atoms with van der Waals surface area (Å²) in [5.74, 6) is -1.97. The zero-order valence-electron chi connectivity index (χ0n) is 30.8. The van der Waals surface area contributed by atoms with E-state index >= 15 is 0 Å². The number of amides is 6. The molecule has 16 nitrogen and oxygen atoms in total. The lowest BCUT2D eigenvalue weighted by Gasteiger charge is -2.27. The molecule has 2 aromatic carbocycles. The van der Waals surface area contributed by atoms with Gasteiger partial charge in [-0.1, -0.05) is 18.2 Å². The fourth-order valence-electron chi connectivity index (χ4n) is 6.98. The average molecular weight is 776 g/mol. The van der Waals surface area contributed by atoms with E-state index in [1.54, 1.807) is 23.5 Å². The number of imide groups is 2. The number of ether oxygens (including phenoxy) is 1. The number of aliphatic imine (C=N–C) groups is 1. The minimum absolute atomic E-state index is 0.000997. The number of nitrogens with zero attached hydrogens (tertiary/aromatic N) is 6.